The molecule has 1 heterocycles. The number of rotatable bonds is 8. The highest BCUT2D eigenvalue weighted by molar-refractivity contribution is 5.94. The Morgan fingerprint density at radius 1 is 1.14 bits per heavy atom. The molecule has 1 aliphatic heterocycles. The van der Waals surface area contributed by atoms with Crippen molar-refractivity contribution in [1.29, 1.82) is 0 Å². The molecule has 3 N–H and O–H groups in total. The average Bonchev–Trinajstić information content (AvgIpc) is 2.73. The third kappa shape index (κ3) is 7.73. The lowest BCUT2D eigenvalue weighted by atomic mass is 10.1. The summed E-state index contributed by atoms with van der Waals surface area (Å²) in [6, 6.07) is 7.67. The summed E-state index contributed by atoms with van der Waals surface area (Å²) in [6.45, 7) is 10.2. The maximum atomic E-state index is 11.8. The minimum Gasteiger partial charge on any atom is -0.357 e. The third-order valence-corrected chi connectivity index (χ3v) is 4.97. The number of amides is 2. The van der Waals surface area contributed by atoms with E-state index in [1.807, 2.05) is 36.1 Å². The predicted octanol–water partition coefficient (Wildman–Crippen LogP) is 0.308. The van der Waals surface area contributed by atoms with Crippen LogP contribution >= 0.6 is 0 Å². The van der Waals surface area contributed by atoms with E-state index in [-0.39, 0.29) is 11.8 Å². The van der Waals surface area contributed by atoms with Gasteiger partial charge in [0.05, 0.1) is 6.54 Å². The molecule has 1 aliphatic rings. The van der Waals surface area contributed by atoms with Gasteiger partial charge in [0, 0.05) is 65.3 Å². The molecule has 1 aromatic rings. The number of carbonyl (C=O) groups excluding carboxylic acids is 2. The molecular weight excluding hydrogens is 368 g/mol. The molecule has 0 saturated carbocycles. The van der Waals surface area contributed by atoms with Crippen LogP contribution in [-0.2, 0) is 11.2 Å². The van der Waals surface area contributed by atoms with Crippen molar-refractivity contribution in [3.05, 3.63) is 35.4 Å². The summed E-state index contributed by atoms with van der Waals surface area (Å²) in [6.07, 6.45) is 0.808. The molecule has 0 bridgehead atoms. The summed E-state index contributed by atoms with van der Waals surface area (Å²) in [5.41, 5.74) is 1.79. The van der Waals surface area contributed by atoms with Gasteiger partial charge in [-0.3, -0.25) is 19.5 Å². The second-order valence-electron chi connectivity index (χ2n) is 7.06. The summed E-state index contributed by atoms with van der Waals surface area (Å²) < 4.78 is 0. The lowest BCUT2D eigenvalue weighted by Crippen LogP contribution is -2.48. The van der Waals surface area contributed by atoms with E-state index in [9.17, 15) is 9.59 Å². The lowest BCUT2D eigenvalue weighted by molar-refractivity contribution is -0.130. The molecule has 29 heavy (non-hydrogen) atoms. The van der Waals surface area contributed by atoms with E-state index in [0.717, 1.165) is 63.8 Å². The number of guanidine groups is 1. The Labute approximate surface area is 173 Å². The van der Waals surface area contributed by atoms with Crippen LogP contribution in [0.3, 0.4) is 0 Å². The van der Waals surface area contributed by atoms with Gasteiger partial charge in [-0.05, 0) is 31.0 Å². The number of hydrogen-bond acceptors (Lipinski definition) is 4. The van der Waals surface area contributed by atoms with E-state index in [4.69, 9.17) is 0 Å². The molecule has 2 rings (SSSR count). The first-order valence-corrected chi connectivity index (χ1v) is 10.3. The zero-order valence-electron chi connectivity index (χ0n) is 17.8. The van der Waals surface area contributed by atoms with Gasteiger partial charge in [0.15, 0.2) is 5.96 Å². The quantitative estimate of drug-likeness (QED) is 0.430. The average molecular weight is 403 g/mol. The fraction of sp³-hybridized carbons (Fsp3) is 0.571. The first kappa shape index (κ1) is 22.7. The minimum absolute atomic E-state index is 0.0705. The van der Waals surface area contributed by atoms with Crippen LogP contribution in [-0.4, -0.2) is 87.0 Å². The van der Waals surface area contributed by atoms with E-state index < -0.39 is 0 Å². The monoisotopic (exact) mass is 402 g/mol. The number of benzene rings is 1. The molecular formula is C21H34N6O2. The second-order valence-corrected chi connectivity index (χ2v) is 7.06. The molecule has 0 radical (unpaired) electrons. The topological polar surface area (TPSA) is 89.1 Å². The summed E-state index contributed by atoms with van der Waals surface area (Å²) >= 11 is 0. The molecule has 0 aromatic heterocycles. The second kappa shape index (κ2) is 12.1. The van der Waals surface area contributed by atoms with Crippen molar-refractivity contribution in [2.45, 2.75) is 20.3 Å². The third-order valence-electron chi connectivity index (χ3n) is 4.97. The van der Waals surface area contributed by atoms with Crippen LogP contribution in [0.1, 0.15) is 29.8 Å². The normalized spacial score (nSPS) is 15.1. The van der Waals surface area contributed by atoms with Gasteiger partial charge in [0.2, 0.25) is 5.91 Å². The number of piperazine rings is 1. The molecule has 0 unspecified atom stereocenters. The minimum atomic E-state index is -0.0705. The van der Waals surface area contributed by atoms with Crippen LogP contribution in [0.25, 0.3) is 0 Å². The summed E-state index contributed by atoms with van der Waals surface area (Å²) in [4.78, 5) is 32.1. The van der Waals surface area contributed by atoms with Gasteiger partial charge in [-0.2, -0.15) is 0 Å². The van der Waals surface area contributed by atoms with Crippen LogP contribution in [0.4, 0.5) is 0 Å². The number of carbonyl (C=O) groups is 2. The number of nitrogens with zero attached hydrogens (tertiary/aromatic N) is 3. The standard InChI is InChI=1S/C21H34N6O2/c1-4-23-21(25-10-11-26-12-14-27(15-13-26)17(2)28)24-9-8-18-6-5-7-19(16-18)20(29)22-3/h5-7,16H,4,8-15H2,1-3H3,(H,22,29)(H2,23,24,25). The van der Waals surface area contributed by atoms with Gasteiger partial charge in [-0.15, -0.1) is 0 Å². The Balaban J connectivity index is 1.76. The zero-order chi connectivity index (χ0) is 21.1. The Morgan fingerprint density at radius 2 is 1.90 bits per heavy atom. The van der Waals surface area contributed by atoms with Crippen molar-refractivity contribution in [1.82, 2.24) is 25.8 Å². The summed E-state index contributed by atoms with van der Waals surface area (Å²) in [5.74, 6) is 0.887. The highest BCUT2D eigenvalue weighted by Gasteiger charge is 2.17. The van der Waals surface area contributed by atoms with Crippen LogP contribution in [0, 0.1) is 0 Å². The van der Waals surface area contributed by atoms with Gasteiger partial charge in [-0.25, -0.2) is 0 Å². The smallest absolute Gasteiger partial charge is 0.251 e. The fourth-order valence-electron chi connectivity index (χ4n) is 3.27. The zero-order valence-corrected chi connectivity index (χ0v) is 17.8. The molecule has 8 nitrogen and oxygen atoms in total. The largest absolute Gasteiger partial charge is 0.357 e. The molecule has 1 fully saturated rings. The predicted molar refractivity (Wildman–Crippen MR) is 116 cm³/mol. The Morgan fingerprint density at radius 3 is 2.55 bits per heavy atom. The molecule has 0 atom stereocenters. The van der Waals surface area contributed by atoms with Crippen LogP contribution in [0.2, 0.25) is 0 Å². The van der Waals surface area contributed by atoms with Crippen molar-refractivity contribution in [2.75, 3.05) is 59.4 Å². The summed E-state index contributed by atoms with van der Waals surface area (Å²) in [7, 11) is 1.64. The van der Waals surface area contributed by atoms with Gasteiger partial charge < -0.3 is 20.9 Å². The van der Waals surface area contributed by atoms with Crippen molar-refractivity contribution >= 4 is 17.8 Å². The molecule has 8 heteroatoms. The van der Waals surface area contributed by atoms with Gasteiger partial charge in [0.25, 0.3) is 5.91 Å². The number of nitrogens with one attached hydrogen (secondary N) is 3. The Kier molecular flexibility index (Phi) is 9.43. The maximum absolute atomic E-state index is 11.8. The SMILES string of the molecule is CCNC(=NCCN1CCN(C(C)=O)CC1)NCCc1cccc(C(=O)NC)c1. The van der Waals surface area contributed by atoms with Crippen molar-refractivity contribution < 1.29 is 9.59 Å². The summed E-state index contributed by atoms with van der Waals surface area (Å²) in [5, 5.41) is 9.28. The van der Waals surface area contributed by atoms with E-state index in [1.54, 1.807) is 14.0 Å². The Hall–Kier alpha value is -2.61. The van der Waals surface area contributed by atoms with Gasteiger partial charge >= 0.3 is 0 Å². The molecule has 1 aromatic carbocycles. The first-order valence-electron chi connectivity index (χ1n) is 10.3. The molecule has 2 amide bonds. The molecule has 0 spiro atoms. The Bertz CT molecular complexity index is 698. The van der Waals surface area contributed by atoms with E-state index in [2.05, 4.69) is 25.8 Å². The number of aliphatic imine (C=N–C) groups is 1. The maximum Gasteiger partial charge on any atom is 0.251 e. The molecule has 0 aliphatic carbocycles. The van der Waals surface area contributed by atoms with Crippen molar-refractivity contribution in [3.63, 3.8) is 0 Å². The first-order chi connectivity index (χ1) is 14.0. The van der Waals surface area contributed by atoms with Gasteiger partial charge in [-0.1, -0.05) is 12.1 Å². The molecule has 1 saturated heterocycles. The van der Waals surface area contributed by atoms with Crippen molar-refractivity contribution in [3.8, 4) is 0 Å². The lowest BCUT2D eigenvalue weighted by Gasteiger charge is -2.33. The molecule has 160 valence electrons. The fourth-order valence-corrected chi connectivity index (χ4v) is 3.27. The van der Waals surface area contributed by atoms with Crippen molar-refractivity contribution in [2.24, 2.45) is 4.99 Å². The van der Waals surface area contributed by atoms with Crippen LogP contribution in [0.5, 0.6) is 0 Å². The van der Waals surface area contributed by atoms with E-state index >= 15 is 0 Å². The van der Waals surface area contributed by atoms with Gasteiger partial charge in [0.1, 0.15) is 0 Å². The van der Waals surface area contributed by atoms with E-state index in [1.165, 1.54) is 0 Å². The number of hydrogen-bond donors (Lipinski definition) is 3. The highest BCUT2D eigenvalue weighted by Crippen LogP contribution is 2.06. The van der Waals surface area contributed by atoms with E-state index in [0.29, 0.717) is 12.1 Å². The van der Waals surface area contributed by atoms with Crippen LogP contribution in [0.15, 0.2) is 29.3 Å². The van der Waals surface area contributed by atoms with Crippen LogP contribution < -0.4 is 16.0 Å². The highest BCUT2D eigenvalue weighted by atomic mass is 16.2.